The molecule has 0 unspecified atom stereocenters. The maximum atomic E-state index is 11.3. The lowest BCUT2D eigenvalue weighted by Crippen LogP contribution is -2.32. The molecule has 0 atom stereocenters. The highest BCUT2D eigenvalue weighted by Crippen LogP contribution is 2.05. The van der Waals surface area contributed by atoms with Crippen LogP contribution in [0.2, 0.25) is 0 Å². The number of carboxylic acid groups (broad SMARTS) is 1. The second kappa shape index (κ2) is 6.52. The average molecular weight is 277 g/mol. The summed E-state index contributed by atoms with van der Waals surface area (Å²) in [6, 6.07) is 0. The number of carbonyl (C=O) groups is 2. The molecule has 0 aliphatic rings. The Morgan fingerprint density at radius 3 is 2.45 bits per heavy atom. The van der Waals surface area contributed by atoms with Crippen LogP contribution in [-0.2, 0) is 4.74 Å². The lowest BCUT2D eigenvalue weighted by molar-refractivity contribution is 0.0534. The number of alkyl carbamates (subject to hydrolysis) is 1. The lowest BCUT2D eigenvalue weighted by Gasteiger charge is -2.18. The van der Waals surface area contributed by atoms with Crippen LogP contribution >= 0.6 is 0 Å². The van der Waals surface area contributed by atoms with E-state index in [1.165, 1.54) is 12.4 Å². The summed E-state index contributed by atoms with van der Waals surface area (Å²) < 4.78 is 5.02. The van der Waals surface area contributed by atoms with Crippen LogP contribution in [0.4, 0.5) is 4.79 Å². The number of aromatic carboxylic acids is 1. The number of aromatic nitrogens is 2. The fraction of sp³-hybridized carbons (Fsp3) is 0.385. The number of hydrogen-bond acceptors (Lipinski definition) is 5. The Hall–Kier alpha value is -2.62. The largest absolute Gasteiger partial charge is 0.475 e. The van der Waals surface area contributed by atoms with Crippen LogP contribution in [0, 0.1) is 11.8 Å². The van der Waals surface area contributed by atoms with E-state index in [1.807, 2.05) is 0 Å². The summed E-state index contributed by atoms with van der Waals surface area (Å²) in [7, 11) is 0. The van der Waals surface area contributed by atoms with Gasteiger partial charge in [0.2, 0.25) is 5.82 Å². The Labute approximate surface area is 116 Å². The Balaban J connectivity index is 2.47. The van der Waals surface area contributed by atoms with Crippen molar-refractivity contribution in [1.82, 2.24) is 15.3 Å². The summed E-state index contributed by atoms with van der Waals surface area (Å²) in [5, 5.41) is 11.1. The second-order valence-corrected chi connectivity index (χ2v) is 4.76. The highest BCUT2D eigenvalue weighted by atomic mass is 16.6. The number of nitrogens with zero attached hydrogens (tertiary/aromatic N) is 2. The van der Waals surface area contributed by atoms with Gasteiger partial charge in [0, 0.05) is 12.4 Å². The van der Waals surface area contributed by atoms with E-state index in [2.05, 4.69) is 27.1 Å². The van der Waals surface area contributed by atoms with Crippen molar-refractivity contribution in [3.63, 3.8) is 0 Å². The molecule has 7 nitrogen and oxygen atoms in total. The van der Waals surface area contributed by atoms with Crippen molar-refractivity contribution in [3.8, 4) is 11.8 Å². The molecule has 0 fully saturated rings. The maximum Gasteiger partial charge on any atom is 0.408 e. The van der Waals surface area contributed by atoms with Crippen LogP contribution in [-0.4, -0.2) is 39.3 Å². The van der Waals surface area contributed by atoms with E-state index in [0.29, 0.717) is 5.56 Å². The smallest absolute Gasteiger partial charge is 0.408 e. The summed E-state index contributed by atoms with van der Waals surface area (Å²) in [5.41, 5.74) is -0.0983. The molecule has 1 amide bonds. The first-order valence-corrected chi connectivity index (χ1v) is 5.79. The zero-order chi connectivity index (χ0) is 15.2. The van der Waals surface area contributed by atoms with Gasteiger partial charge in [-0.05, 0) is 20.8 Å². The van der Waals surface area contributed by atoms with E-state index in [1.54, 1.807) is 20.8 Å². The highest BCUT2D eigenvalue weighted by molar-refractivity contribution is 5.82. The second-order valence-electron chi connectivity index (χ2n) is 4.76. The first-order chi connectivity index (χ1) is 9.28. The van der Waals surface area contributed by atoms with Gasteiger partial charge in [0.1, 0.15) is 5.60 Å². The molecule has 20 heavy (non-hydrogen) atoms. The predicted octanol–water partition coefficient (Wildman–Crippen LogP) is 1.05. The van der Waals surface area contributed by atoms with Gasteiger partial charge in [0.15, 0.2) is 0 Å². The molecule has 106 valence electrons. The van der Waals surface area contributed by atoms with Crippen molar-refractivity contribution in [2.24, 2.45) is 0 Å². The number of rotatable bonds is 2. The van der Waals surface area contributed by atoms with Crippen LogP contribution < -0.4 is 5.32 Å². The average Bonchev–Trinajstić information content (AvgIpc) is 2.33. The van der Waals surface area contributed by atoms with E-state index < -0.39 is 17.7 Å². The zero-order valence-electron chi connectivity index (χ0n) is 11.4. The van der Waals surface area contributed by atoms with Crippen molar-refractivity contribution < 1.29 is 19.4 Å². The van der Waals surface area contributed by atoms with Crippen LogP contribution in [0.1, 0.15) is 37.0 Å². The van der Waals surface area contributed by atoms with Crippen LogP contribution in [0.25, 0.3) is 0 Å². The molecule has 0 aliphatic carbocycles. The molecule has 1 rings (SSSR count). The molecule has 0 spiro atoms. The minimum atomic E-state index is -1.20. The van der Waals surface area contributed by atoms with Gasteiger partial charge in [-0.2, -0.15) is 0 Å². The summed E-state index contributed by atoms with van der Waals surface area (Å²) in [6.07, 6.45) is 2.05. The first kappa shape index (κ1) is 15.4. The molecular formula is C13H15N3O4. The van der Waals surface area contributed by atoms with Crippen molar-refractivity contribution in [1.29, 1.82) is 0 Å². The minimum absolute atomic E-state index is 0.107. The molecular weight excluding hydrogens is 262 g/mol. The lowest BCUT2D eigenvalue weighted by atomic mass is 10.2. The molecule has 1 aromatic heterocycles. The standard InChI is InChI=1S/C13H15N3O4/c1-13(2,3)20-12(19)14-6-4-5-9-7-15-10(11(17)18)16-8-9/h7-8H,6H2,1-3H3,(H,14,19)(H,17,18). The van der Waals surface area contributed by atoms with Gasteiger partial charge in [-0.1, -0.05) is 11.8 Å². The van der Waals surface area contributed by atoms with Crippen LogP contribution in [0.3, 0.4) is 0 Å². The van der Waals surface area contributed by atoms with Gasteiger partial charge in [0.05, 0.1) is 12.1 Å². The molecule has 0 saturated carbocycles. The predicted molar refractivity (Wildman–Crippen MR) is 70.1 cm³/mol. The number of hydrogen-bond donors (Lipinski definition) is 2. The SMILES string of the molecule is CC(C)(C)OC(=O)NCC#Cc1cnc(C(=O)O)nc1. The first-order valence-electron chi connectivity index (χ1n) is 5.79. The summed E-state index contributed by atoms with van der Waals surface area (Å²) in [4.78, 5) is 29.1. The minimum Gasteiger partial charge on any atom is -0.475 e. The van der Waals surface area contributed by atoms with E-state index in [0.717, 1.165) is 0 Å². The van der Waals surface area contributed by atoms with Gasteiger partial charge >= 0.3 is 12.1 Å². The quantitative estimate of drug-likeness (QED) is 0.783. The van der Waals surface area contributed by atoms with Crippen LogP contribution in [0.5, 0.6) is 0 Å². The molecule has 7 heteroatoms. The number of amides is 1. The van der Waals surface area contributed by atoms with E-state index >= 15 is 0 Å². The van der Waals surface area contributed by atoms with Crippen LogP contribution in [0.15, 0.2) is 12.4 Å². The third-order valence-corrected chi connectivity index (χ3v) is 1.80. The Kier molecular flexibility index (Phi) is 5.03. The molecule has 0 bridgehead atoms. The Bertz CT molecular complexity index is 550. The molecule has 0 aromatic carbocycles. The topological polar surface area (TPSA) is 101 Å². The number of nitrogens with one attached hydrogen (secondary N) is 1. The zero-order valence-corrected chi connectivity index (χ0v) is 11.4. The molecule has 1 heterocycles. The fourth-order valence-electron chi connectivity index (χ4n) is 1.08. The van der Waals surface area contributed by atoms with Gasteiger partial charge in [-0.25, -0.2) is 19.6 Å². The van der Waals surface area contributed by atoms with Gasteiger partial charge in [-0.3, -0.25) is 0 Å². The summed E-state index contributed by atoms with van der Waals surface area (Å²) in [5.74, 6) is 3.88. The normalized spacial score (nSPS) is 10.2. The summed E-state index contributed by atoms with van der Waals surface area (Å²) >= 11 is 0. The maximum absolute atomic E-state index is 11.3. The van der Waals surface area contributed by atoms with Crippen molar-refractivity contribution in [2.45, 2.75) is 26.4 Å². The Morgan fingerprint density at radius 2 is 1.95 bits per heavy atom. The Morgan fingerprint density at radius 1 is 1.35 bits per heavy atom. The van der Waals surface area contributed by atoms with Gasteiger partial charge < -0.3 is 15.2 Å². The third-order valence-electron chi connectivity index (χ3n) is 1.80. The number of carboxylic acids is 1. The van der Waals surface area contributed by atoms with E-state index in [9.17, 15) is 9.59 Å². The molecule has 0 saturated heterocycles. The highest BCUT2D eigenvalue weighted by Gasteiger charge is 2.14. The molecule has 1 aromatic rings. The van der Waals surface area contributed by atoms with Gasteiger partial charge in [-0.15, -0.1) is 0 Å². The summed E-state index contributed by atoms with van der Waals surface area (Å²) in [6.45, 7) is 5.40. The molecule has 2 N–H and O–H groups in total. The van der Waals surface area contributed by atoms with Crippen molar-refractivity contribution in [3.05, 3.63) is 23.8 Å². The third kappa shape index (κ3) is 5.82. The fourth-order valence-corrected chi connectivity index (χ4v) is 1.08. The molecule has 0 aliphatic heterocycles. The van der Waals surface area contributed by atoms with E-state index in [4.69, 9.17) is 9.84 Å². The van der Waals surface area contributed by atoms with Gasteiger partial charge in [0.25, 0.3) is 0 Å². The van der Waals surface area contributed by atoms with Crippen molar-refractivity contribution >= 4 is 12.1 Å². The number of carbonyl (C=O) groups excluding carboxylic acids is 1. The van der Waals surface area contributed by atoms with Crippen molar-refractivity contribution in [2.75, 3.05) is 6.54 Å². The van der Waals surface area contributed by atoms with E-state index in [-0.39, 0.29) is 12.4 Å². The number of ether oxygens (including phenoxy) is 1. The molecule has 0 radical (unpaired) electrons. The monoisotopic (exact) mass is 277 g/mol.